The third-order valence-corrected chi connectivity index (χ3v) is 7.75. The second-order valence-electron chi connectivity index (χ2n) is 9.92. The predicted molar refractivity (Wildman–Crippen MR) is 155 cm³/mol. The molecule has 0 aliphatic rings. The van der Waals surface area contributed by atoms with Crippen LogP contribution in [0.1, 0.15) is 47.1 Å². The summed E-state index contributed by atoms with van der Waals surface area (Å²) in [6.45, 7) is 2.53. The van der Waals surface area contributed by atoms with Gasteiger partial charge in [0, 0.05) is 32.3 Å². The number of rotatable bonds is 11. The van der Waals surface area contributed by atoms with E-state index < -0.39 is 15.8 Å². The van der Waals surface area contributed by atoms with E-state index in [-0.39, 0.29) is 34.6 Å². The molecule has 0 aliphatic heterocycles. The van der Waals surface area contributed by atoms with Crippen molar-refractivity contribution in [1.29, 1.82) is 0 Å². The molecule has 1 aromatic heterocycles. The highest BCUT2D eigenvalue weighted by Gasteiger charge is 2.17. The van der Waals surface area contributed by atoms with Crippen LogP contribution in [0.3, 0.4) is 0 Å². The van der Waals surface area contributed by atoms with Crippen molar-refractivity contribution in [1.82, 2.24) is 9.55 Å². The first-order valence-electron chi connectivity index (χ1n) is 13.0. The van der Waals surface area contributed by atoms with E-state index in [2.05, 4.69) is 6.92 Å². The zero-order valence-corrected chi connectivity index (χ0v) is 23.9. The molecule has 4 rings (SSSR count). The number of carboxylic acids is 1. The molecule has 0 unspecified atom stereocenters. The maximum absolute atomic E-state index is 13.5. The van der Waals surface area contributed by atoms with Gasteiger partial charge in [-0.3, -0.25) is 9.36 Å². The number of anilines is 1. The number of aromatic nitrogens is 2. The van der Waals surface area contributed by atoms with Crippen LogP contribution in [-0.4, -0.2) is 49.4 Å². The predicted octanol–water partition coefficient (Wildman–Crippen LogP) is 4.53. The lowest BCUT2D eigenvalue weighted by atomic mass is 10.1. The van der Waals surface area contributed by atoms with E-state index in [0.29, 0.717) is 29.2 Å². The maximum atomic E-state index is 13.5. The molecule has 4 aromatic rings. The topological polar surface area (TPSA) is 119 Å². The maximum Gasteiger partial charge on any atom is 0.337 e. The summed E-state index contributed by atoms with van der Waals surface area (Å²) in [7, 11) is 0.111. The average molecular weight is 564 g/mol. The van der Waals surface area contributed by atoms with Gasteiger partial charge >= 0.3 is 5.97 Å². The van der Waals surface area contributed by atoms with Crippen molar-refractivity contribution in [3.05, 3.63) is 93.5 Å². The average Bonchev–Trinajstić information content (AvgIpc) is 2.92. The summed E-state index contributed by atoms with van der Waals surface area (Å²) in [6, 6.07) is 16.9. The molecule has 9 nitrogen and oxygen atoms in total. The molecule has 0 fully saturated rings. The molecule has 0 bridgehead atoms. The number of nitrogens with zero attached hydrogens (tertiary/aromatic N) is 3. The molecule has 1 N–H and O–H groups in total. The smallest absolute Gasteiger partial charge is 0.337 e. The molecule has 0 saturated heterocycles. The monoisotopic (exact) mass is 563 g/mol. The van der Waals surface area contributed by atoms with Gasteiger partial charge in [-0.05, 0) is 48.4 Å². The number of hydrogen-bond acceptors (Lipinski definition) is 7. The Morgan fingerprint density at radius 1 is 1.07 bits per heavy atom. The summed E-state index contributed by atoms with van der Waals surface area (Å²) in [4.78, 5) is 31.8. The van der Waals surface area contributed by atoms with Gasteiger partial charge < -0.3 is 14.7 Å². The van der Waals surface area contributed by atoms with Crippen LogP contribution in [0, 0.1) is 0 Å². The van der Waals surface area contributed by atoms with Crippen LogP contribution in [0.15, 0.2) is 70.4 Å². The quantitative estimate of drug-likeness (QED) is 0.283. The molecule has 0 aliphatic carbocycles. The first kappa shape index (κ1) is 28.8. The number of unbranched alkanes of at least 4 members (excludes halogenated alkanes) is 1. The molecule has 0 atom stereocenters. The van der Waals surface area contributed by atoms with Crippen molar-refractivity contribution in [2.24, 2.45) is 0 Å². The molecule has 0 amide bonds. The highest BCUT2D eigenvalue weighted by atomic mass is 32.2. The first-order valence-corrected chi connectivity index (χ1v) is 14.9. The Kier molecular flexibility index (Phi) is 8.58. The van der Waals surface area contributed by atoms with Crippen LogP contribution in [0.25, 0.3) is 10.9 Å². The van der Waals surface area contributed by atoms with Crippen LogP contribution in [0.2, 0.25) is 0 Å². The van der Waals surface area contributed by atoms with Gasteiger partial charge in [0.15, 0.2) is 9.84 Å². The van der Waals surface area contributed by atoms with Gasteiger partial charge in [-0.2, -0.15) is 0 Å². The van der Waals surface area contributed by atoms with Crippen LogP contribution < -0.4 is 15.2 Å². The zero-order chi connectivity index (χ0) is 29.0. The number of ether oxygens (including phenoxy) is 1. The van der Waals surface area contributed by atoms with E-state index in [1.54, 1.807) is 53.9 Å². The van der Waals surface area contributed by atoms with E-state index in [4.69, 9.17) is 9.72 Å². The van der Waals surface area contributed by atoms with Crippen LogP contribution in [0.4, 0.5) is 5.69 Å². The minimum atomic E-state index is -3.47. The van der Waals surface area contributed by atoms with Crippen molar-refractivity contribution in [2.45, 2.75) is 44.2 Å². The Morgan fingerprint density at radius 2 is 1.80 bits per heavy atom. The molecular weight excluding hydrogens is 530 g/mol. The number of carbonyl (C=O) groups is 1. The highest BCUT2D eigenvalue weighted by molar-refractivity contribution is 7.90. The van der Waals surface area contributed by atoms with Crippen LogP contribution in [0.5, 0.6) is 5.75 Å². The third kappa shape index (κ3) is 6.34. The fraction of sp³-hybridized carbons (Fsp3) is 0.300. The molecule has 1 heterocycles. The van der Waals surface area contributed by atoms with Gasteiger partial charge in [-0.1, -0.05) is 37.6 Å². The molecular formula is C30H33N3O6S. The van der Waals surface area contributed by atoms with Gasteiger partial charge in [0.05, 0.1) is 33.6 Å². The van der Waals surface area contributed by atoms with Crippen molar-refractivity contribution in [3.63, 3.8) is 0 Å². The number of aryl methyl sites for hydroxylation is 1. The Balaban J connectivity index is 1.61. The second kappa shape index (κ2) is 11.9. The van der Waals surface area contributed by atoms with Gasteiger partial charge in [-0.25, -0.2) is 18.2 Å². The van der Waals surface area contributed by atoms with E-state index in [9.17, 15) is 23.1 Å². The van der Waals surface area contributed by atoms with Gasteiger partial charge in [0.25, 0.3) is 5.56 Å². The van der Waals surface area contributed by atoms with E-state index in [0.717, 1.165) is 30.2 Å². The molecule has 0 spiro atoms. The number of hydrogen-bond donors (Lipinski definition) is 1. The van der Waals surface area contributed by atoms with Gasteiger partial charge in [-0.15, -0.1) is 0 Å². The number of aromatic carboxylic acids is 1. The number of carboxylic acid groups (broad SMARTS) is 1. The Labute approximate surface area is 233 Å². The summed E-state index contributed by atoms with van der Waals surface area (Å²) in [6.07, 6.45) is 3.55. The summed E-state index contributed by atoms with van der Waals surface area (Å²) < 4.78 is 31.7. The molecule has 40 heavy (non-hydrogen) atoms. The zero-order valence-electron chi connectivity index (χ0n) is 23.0. The highest BCUT2D eigenvalue weighted by Crippen LogP contribution is 2.26. The molecule has 0 saturated carbocycles. The van der Waals surface area contributed by atoms with E-state index in [1.807, 2.05) is 18.2 Å². The molecule has 210 valence electrons. The number of fused-ring (bicyclic) bond motifs is 1. The summed E-state index contributed by atoms with van der Waals surface area (Å²) in [5.74, 6) is 0.252. The van der Waals surface area contributed by atoms with Gasteiger partial charge in [0.2, 0.25) is 0 Å². The SMILES string of the molecule is CCCCc1nc2ccc(S(C)(=O)=O)cc2c(=O)n1Cc1ccc(OCc2cccc(C(=O)O)c2N(C)C)cc1. The summed E-state index contributed by atoms with van der Waals surface area (Å²) in [5, 5.41) is 9.81. The number of para-hydroxylation sites is 1. The third-order valence-electron chi connectivity index (χ3n) is 6.64. The lowest BCUT2D eigenvalue weighted by Crippen LogP contribution is -2.26. The summed E-state index contributed by atoms with van der Waals surface area (Å²) >= 11 is 0. The van der Waals surface area contributed by atoms with E-state index >= 15 is 0 Å². The largest absolute Gasteiger partial charge is 0.489 e. The number of sulfone groups is 1. The van der Waals surface area contributed by atoms with Crippen LogP contribution >= 0.6 is 0 Å². The fourth-order valence-electron chi connectivity index (χ4n) is 4.61. The van der Waals surface area contributed by atoms with Crippen LogP contribution in [-0.2, 0) is 29.4 Å². The summed E-state index contributed by atoms with van der Waals surface area (Å²) in [5.41, 5.74) is 2.60. The Bertz CT molecular complexity index is 1710. The fourth-order valence-corrected chi connectivity index (χ4v) is 5.26. The molecule has 3 aromatic carbocycles. The standard InChI is InChI=1S/C30H33N3O6S/c1-5-6-10-27-31-26-16-15-23(40(4,37)38)17-25(26)29(34)33(27)18-20-11-13-22(14-12-20)39-19-21-8-7-9-24(30(35)36)28(21)32(2)3/h7-9,11-17H,5-6,10,18-19H2,1-4H3,(H,35,36). The van der Waals surface area contributed by atoms with Crippen molar-refractivity contribution in [3.8, 4) is 5.75 Å². The first-order chi connectivity index (χ1) is 19.0. The van der Waals surface area contributed by atoms with Gasteiger partial charge in [0.1, 0.15) is 18.2 Å². The lowest BCUT2D eigenvalue weighted by Gasteiger charge is -2.20. The van der Waals surface area contributed by atoms with Crippen molar-refractivity contribution < 1.29 is 23.1 Å². The number of benzene rings is 3. The minimum Gasteiger partial charge on any atom is -0.489 e. The normalized spacial score (nSPS) is 11.5. The molecule has 10 heteroatoms. The van der Waals surface area contributed by atoms with Crippen molar-refractivity contribution >= 4 is 32.4 Å². The minimum absolute atomic E-state index is 0.0829. The Hall–Kier alpha value is -4.18. The lowest BCUT2D eigenvalue weighted by molar-refractivity contribution is 0.0697. The van der Waals surface area contributed by atoms with Crippen molar-refractivity contribution in [2.75, 3.05) is 25.3 Å². The molecule has 0 radical (unpaired) electrons. The Morgan fingerprint density at radius 3 is 2.42 bits per heavy atom. The second-order valence-corrected chi connectivity index (χ2v) is 11.9. The van der Waals surface area contributed by atoms with E-state index in [1.165, 1.54) is 12.1 Å².